The molecule has 0 saturated carbocycles. The van der Waals surface area contributed by atoms with Crippen LogP contribution in [0.2, 0.25) is 0 Å². The van der Waals surface area contributed by atoms with Crippen molar-refractivity contribution in [3.63, 3.8) is 0 Å². The third-order valence-electron chi connectivity index (χ3n) is 4.72. The molecule has 1 unspecified atom stereocenters. The fraction of sp³-hybridized carbons (Fsp3) is 0.647. The Bertz CT molecular complexity index is 620. The fourth-order valence-corrected chi connectivity index (χ4v) is 3.21. The number of rotatable bonds is 6. The Kier molecular flexibility index (Phi) is 5.13. The molecule has 0 radical (unpaired) electrons. The summed E-state index contributed by atoms with van der Waals surface area (Å²) < 4.78 is 10.1. The van der Waals surface area contributed by atoms with Crippen molar-refractivity contribution in [2.45, 2.75) is 45.4 Å². The summed E-state index contributed by atoms with van der Waals surface area (Å²) >= 11 is 0. The highest BCUT2D eigenvalue weighted by Crippen LogP contribution is 2.32. The maximum absolute atomic E-state index is 6.04. The van der Waals surface area contributed by atoms with Crippen LogP contribution in [0.1, 0.15) is 50.2 Å². The van der Waals surface area contributed by atoms with Crippen LogP contribution in [-0.2, 0) is 18.3 Å². The lowest BCUT2D eigenvalue weighted by Gasteiger charge is -2.32. The maximum Gasteiger partial charge on any atom is 0.137 e. The summed E-state index contributed by atoms with van der Waals surface area (Å²) in [7, 11) is 2.03. The molecular weight excluding hydrogens is 290 g/mol. The Balaban J connectivity index is 1.62. The first kappa shape index (κ1) is 16.2. The van der Waals surface area contributed by atoms with Crippen LogP contribution >= 0.6 is 0 Å². The van der Waals surface area contributed by atoms with E-state index in [1.807, 2.05) is 30.3 Å². The molecule has 3 rings (SSSR count). The molecule has 3 heterocycles. The summed E-state index contributed by atoms with van der Waals surface area (Å²) in [5, 5.41) is 8.00. The van der Waals surface area contributed by atoms with E-state index in [0.29, 0.717) is 12.0 Å². The number of nitrogens with zero attached hydrogens (tertiary/aromatic N) is 4. The quantitative estimate of drug-likeness (QED) is 0.889. The zero-order valence-corrected chi connectivity index (χ0v) is 14.3. The summed E-state index contributed by atoms with van der Waals surface area (Å²) in [6.07, 6.45) is 10.3. The molecule has 0 spiro atoms. The monoisotopic (exact) mass is 317 g/mol. The van der Waals surface area contributed by atoms with Crippen molar-refractivity contribution in [3.8, 4) is 0 Å². The van der Waals surface area contributed by atoms with Crippen LogP contribution in [0.4, 0.5) is 0 Å². The highest BCUT2D eigenvalue weighted by molar-refractivity contribution is 5.09. The molecule has 0 aromatic carbocycles. The highest BCUT2D eigenvalue weighted by Gasteiger charge is 2.30. The van der Waals surface area contributed by atoms with Crippen LogP contribution in [0, 0.1) is 5.92 Å². The molecule has 126 valence electrons. The average Bonchev–Trinajstić information content (AvgIpc) is 3.21. The van der Waals surface area contributed by atoms with Gasteiger partial charge >= 0.3 is 0 Å². The first-order valence-corrected chi connectivity index (χ1v) is 8.53. The van der Waals surface area contributed by atoms with Gasteiger partial charge in [0.15, 0.2) is 0 Å². The van der Waals surface area contributed by atoms with Crippen molar-refractivity contribution in [1.29, 1.82) is 0 Å². The van der Waals surface area contributed by atoms with Gasteiger partial charge in [-0.2, -0.15) is 5.10 Å². The predicted molar refractivity (Wildman–Crippen MR) is 88.9 cm³/mol. The zero-order chi connectivity index (χ0) is 16.2. The number of aryl methyl sites for hydroxylation is 2. The second-order valence-electron chi connectivity index (χ2n) is 6.35. The van der Waals surface area contributed by atoms with E-state index in [9.17, 15) is 0 Å². The van der Waals surface area contributed by atoms with Gasteiger partial charge in [0, 0.05) is 62.9 Å². The van der Waals surface area contributed by atoms with E-state index in [4.69, 9.17) is 4.74 Å². The van der Waals surface area contributed by atoms with E-state index in [-0.39, 0.29) is 6.10 Å². The Morgan fingerprint density at radius 2 is 2.35 bits per heavy atom. The summed E-state index contributed by atoms with van der Waals surface area (Å²) in [6.45, 7) is 6.95. The molecule has 6 heteroatoms. The molecule has 1 fully saturated rings. The molecule has 0 aliphatic carbocycles. The Morgan fingerprint density at radius 1 is 1.48 bits per heavy atom. The van der Waals surface area contributed by atoms with Gasteiger partial charge in [-0.25, -0.2) is 4.98 Å². The van der Waals surface area contributed by atoms with Gasteiger partial charge in [-0.3, -0.25) is 4.68 Å². The number of nitrogens with one attached hydrogen (secondary N) is 1. The number of aromatic nitrogens is 4. The van der Waals surface area contributed by atoms with Crippen molar-refractivity contribution in [2.75, 3.05) is 13.2 Å². The molecule has 6 nitrogen and oxygen atoms in total. The first-order valence-electron chi connectivity index (χ1n) is 8.53. The van der Waals surface area contributed by atoms with Gasteiger partial charge in [0.25, 0.3) is 0 Å². The van der Waals surface area contributed by atoms with Crippen LogP contribution in [-0.4, -0.2) is 32.5 Å². The molecule has 23 heavy (non-hydrogen) atoms. The van der Waals surface area contributed by atoms with E-state index in [1.165, 1.54) is 12.0 Å². The lowest BCUT2D eigenvalue weighted by Crippen LogP contribution is -2.34. The largest absolute Gasteiger partial charge is 0.370 e. The average molecular weight is 317 g/mol. The third kappa shape index (κ3) is 3.64. The Morgan fingerprint density at radius 3 is 3.04 bits per heavy atom. The zero-order valence-electron chi connectivity index (χ0n) is 14.3. The molecule has 1 aliphatic rings. The molecule has 2 aromatic heterocycles. The molecule has 1 N–H and O–H groups in total. The van der Waals surface area contributed by atoms with Gasteiger partial charge in [-0.05, 0) is 26.7 Å². The van der Waals surface area contributed by atoms with Crippen LogP contribution in [0.3, 0.4) is 0 Å². The van der Waals surface area contributed by atoms with Crippen LogP contribution in [0.5, 0.6) is 0 Å². The van der Waals surface area contributed by atoms with Crippen molar-refractivity contribution in [1.82, 2.24) is 24.6 Å². The minimum Gasteiger partial charge on any atom is -0.370 e. The smallest absolute Gasteiger partial charge is 0.137 e. The normalized spacial score (nSPS) is 23.1. The second-order valence-corrected chi connectivity index (χ2v) is 6.35. The number of ether oxygens (including phenoxy) is 1. The number of hydrogen-bond donors (Lipinski definition) is 1. The highest BCUT2D eigenvalue weighted by atomic mass is 16.5. The van der Waals surface area contributed by atoms with Gasteiger partial charge in [0.05, 0.1) is 6.20 Å². The van der Waals surface area contributed by atoms with E-state index in [0.717, 1.165) is 31.9 Å². The van der Waals surface area contributed by atoms with Gasteiger partial charge in [-0.1, -0.05) is 0 Å². The van der Waals surface area contributed by atoms with Gasteiger partial charge < -0.3 is 14.6 Å². The predicted octanol–water partition coefficient (Wildman–Crippen LogP) is 2.46. The summed E-state index contributed by atoms with van der Waals surface area (Å²) in [5.41, 5.74) is 1.23. The Hall–Kier alpha value is -1.66. The van der Waals surface area contributed by atoms with Gasteiger partial charge in [-0.15, -0.1) is 0 Å². The Labute approximate surface area is 137 Å². The molecule has 1 saturated heterocycles. The van der Waals surface area contributed by atoms with Crippen molar-refractivity contribution in [2.24, 2.45) is 13.0 Å². The van der Waals surface area contributed by atoms with E-state index in [2.05, 4.69) is 40.0 Å². The second kappa shape index (κ2) is 7.27. The number of hydrogen-bond acceptors (Lipinski definition) is 4. The molecule has 1 aliphatic heterocycles. The third-order valence-corrected chi connectivity index (χ3v) is 4.72. The van der Waals surface area contributed by atoms with Gasteiger partial charge in [0.1, 0.15) is 11.9 Å². The van der Waals surface area contributed by atoms with Crippen LogP contribution in [0.25, 0.3) is 0 Å². The van der Waals surface area contributed by atoms with Crippen molar-refractivity contribution < 1.29 is 4.74 Å². The molecule has 3 atom stereocenters. The lowest BCUT2D eigenvalue weighted by atomic mass is 9.93. The lowest BCUT2D eigenvalue weighted by molar-refractivity contribution is -0.0349. The molecular formula is C17H27N5O. The SMILES string of the molecule is CCn1cc(C(C)NC[C@@H]2CCCO[C@H]2c2nccn2C)cn1. The summed E-state index contributed by atoms with van der Waals surface area (Å²) in [6, 6.07) is 0.291. The summed E-state index contributed by atoms with van der Waals surface area (Å²) in [4.78, 5) is 4.49. The van der Waals surface area contributed by atoms with E-state index >= 15 is 0 Å². The van der Waals surface area contributed by atoms with E-state index in [1.54, 1.807) is 0 Å². The van der Waals surface area contributed by atoms with Crippen LogP contribution in [0.15, 0.2) is 24.8 Å². The summed E-state index contributed by atoms with van der Waals surface area (Å²) in [5.74, 6) is 1.48. The standard InChI is InChI=1S/C17H27N5O/c1-4-22-12-15(11-20-22)13(2)19-10-14-6-5-9-23-16(14)17-18-7-8-21(17)3/h7-8,11-14,16,19H,4-6,9-10H2,1-3H3/t13?,14-,16+/m0/s1. The molecule has 0 amide bonds. The van der Waals surface area contributed by atoms with E-state index < -0.39 is 0 Å². The van der Waals surface area contributed by atoms with Gasteiger partial charge in [0.2, 0.25) is 0 Å². The number of imidazole rings is 1. The topological polar surface area (TPSA) is 56.9 Å². The molecule has 0 bridgehead atoms. The minimum atomic E-state index is 0.0850. The maximum atomic E-state index is 6.04. The van der Waals surface area contributed by atoms with Crippen molar-refractivity contribution >= 4 is 0 Å². The first-order chi connectivity index (χ1) is 11.2. The van der Waals surface area contributed by atoms with Crippen molar-refractivity contribution in [3.05, 3.63) is 36.2 Å². The minimum absolute atomic E-state index is 0.0850. The van der Waals surface area contributed by atoms with Crippen LogP contribution < -0.4 is 5.32 Å². The fourth-order valence-electron chi connectivity index (χ4n) is 3.21. The molecule has 2 aromatic rings.